The number of carbonyl (C=O) groups is 2. The number of carbonyl (C=O) groups excluding carboxylic acids is 2. The van der Waals surface area contributed by atoms with Gasteiger partial charge in [0, 0.05) is 5.69 Å². The fourth-order valence-electron chi connectivity index (χ4n) is 2.39. The summed E-state index contributed by atoms with van der Waals surface area (Å²) in [5.41, 5.74) is 0.742. The standard InChI is InChI=1S/C21H16ClFN2O3/c22-16-12-14(10-11-17(16)23)24-20(26)13-21(27)25-18-8-4-5-9-19(18)28-15-6-2-1-3-7-15/h1-12H,13H2,(H,24,26)(H,25,27). The molecule has 2 N–H and O–H groups in total. The highest BCUT2D eigenvalue weighted by atomic mass is 35.5. The molecule has 7 heteroatoms. The number of halogens is 2. The van der Waals surface area contributed by atoms with Gasteiger partial charge >= 0.3 is 0 Å². The molecule has 0 saturated heterocycles. The molecule has 0 bridgehead atoms. The minimum atomic E-state index is -0.590. The molecule has 0 aliphatic rings. The van der Waals surface area contributed by atoms with Crippen molar-refractivity contribution in [3.8, 4) is 11.5 Å². The fraction of sp³-hybridized carbons (Fsp3) is 0.0476. The smallest absolute Gasteiger partial charge is 0.233 e. The Balaban J connectivity index is 1.61. The van der Waals surface area contributed by atoms with Crippen molar-refractivity contribution in [2.75, 3.05) is 10.6 Å². The number of hydrogen-bond donors (Lipinski definition) is 2. The molecule has 3 aromatic carbocycles. The molecule has 0 saturated carbocycles. The first kappa shape index (κ1) is 19.4. The molecule has 0 fully saturated rings. The number of nitrogens with one attached hydrogen (secondary N) is 2. The largest absolute Gasteiger partial charge is 0.455 e. The zero-order chi connectivity index (χ0) is 19.9. The summed E-state index contributed by atoms with van der Waals surface area (Å²) in [6.45, 7) is 0. The van der Waals surface area contributed by atoms with Gasteiger partial charge in [-0.25, -0.2) is 4.39 Å². The van der Waals surface area contributed by atoms with Gasteiger partial charge in [-0.2, -0.15) is 0 Å². The number of hydrogen-bond acceptors (Lipinski definition) is 3. The maximum absolute atomic E-state index is 13.2. The van der Waals surface area contributed by atoms with Gasteiger partial charge in [-0.05, 0) is 42.5 Å². The van der Waals surface area contributed by atoms with Crippen LogP contribution in [0.4, 0.5) is 15.8 Å². The first-order valence-electron chi connectivity index (χ1n) is 8.38. The SMILES string of the molecule is O=C(CC(=O)Nc1ccccc1Oc1ccccc1)Nc1ccc(F)c(Cl)c1. The quantitative estimate of drug-likeness (QED) is 0.558. The normalized spacial score (nSPS) is 10.2. The highest BCUT2D eigenvalue weighted by Crippen LogP contribution is 2.29. The van der Waals surface area contributed by atoms with E-state index >= 15 is 0 Å². The Morgan fingerprint density at radius 2 is 1.57 bits per heavy atom. The van der Waals surface area contributed by atoms with Crippen LogP contribution in [0.1, 0.15) is 6.42 Å². The van der Waals surface area contributed by atoms with Gasteiger partial charge < -0.3 is 15.4 Å². The zero-order valence-electron chi connectivity index (χ0n) is 14.6. The molecule has 142 valence electrons. The van der Waals surface area contributed by atoms with E-state index in [2.05, 4.69) is 10.6 Å². The van der Waals surface area contributed by atoms with Gasteiger partial charge in [0.1, 0.15) is 18.0 Å². The lowest BCUT2D eigenvalue weighted by atomic mass is 10.2. The molecule has 28 heavy (non-hydrogen) atoms. The molecule has 0 radical (unpaired) electrons. The average molecular weight is 399 g/mol. The monoisotopic (exact) mass is 398 g/mol. The minimum absolute atomic E-state index is 0.116. The predicted octanol–water partition coefficient (Wildman–Crippen LogP) is 5.24. The molecule has 0 aliphatic heterocycles. The summed E-state index contributed by atoms with van der Waals surface area (Å²) in [6, 6.07) is 19.8. The summed E-state index contributed by atoms with van der Waals surface area (Å²) in [5, 5.41) is 5.04. The highest BCUT2D eigenvalue weighted by molar-refractivity contribution is 6.31. The zero-order valence-corrected chi connectivity index (χ0v) is 15.4. The number of ether oxygens (including phenoxy) is 1. The van der Waals surface area contributed by atoms with Crippen molar-refractivity contribution in [2.24, 2.45) is 0 Å². The van der Waals surface area contributed by atoms with Crippen LogP contribution < -0.4 is 15.4 Å². The molecular weight excluding hydrogens is 383 g/mol. The van der Waals surface area contributed by atoms with Crippen molar-refractivity contribution in [1.82, 2.24) is 0 Å². The Kier molecular flexibility index (Phi) is 6.24. The summed E-state index contributed by atoms with van der Waals surface area (Å²) in [6.07, 6.45) is -0.422. The lowest BCUT2D eigenvalue weighted by molar-refractivity contribution is -0.123. The number of amides is 2. The second kappa shape index (κ2) is 9.01. The van der Waals surface area contributed by atoms with E-state index in [1.807, 2.05) is 18.2 Å². The van der Waals surface area contributed by atoms with Gasteiger partial charge in [0.2, 0.25) is 11.8 Å². The van der Waals surface area contributed by atoms with Crippen LogP contribution in [0.5, 0.6) is 11.5 Å². The van der Waals surface area contributed by atoms with Crippen LogP contribution in [0, 0.1) is 5.82 Å². The van der Waals surface area contributed by atoms with Crippen LogP contribution in [0.25, 0.3) is 0 Å². The molecule has 0 aliphatic carbocycles. The number of rotatable bonds is 6. The van der Waals surface area contributed by atoms with Crippen molar-refractivity contribution in [3.63, 3.8) is 0 Å². The molecule has 0 aromatic heterocycles. The molecule has 0 heterocycles. The Morgan fingerprint density at radius 3 is 2.32 bits per heavy atom. The van der Waals surface area contributed by atoms with E-state index in [0.29, 0.717) is 22.9 Å². The van der Waals surface area contributed by atoms with E-state index in [1.165, 1.54) is 12.1 Å². The maximum Gasteiger partial charge on any atom is 0.233 e. The third kappa shape index (κ3) is 5.31. The summed E-state index contributed by atoms with van der Waals surface area (Å²) in [4.78, 5) is 24.3. The van der Waals surface area contributed by atoms with Gasteiger partial charge in [0.05, 0.1) is 10.7 Å². The van der Waals surface area contributed by atoms with Crippen LogP contribution in [0.3, 0.4) is 0 Å². The molecule has 5 nitrogen and oxygen atoms in total. The van der Waals surface area contributed by atoms with Gasteiger partial charge in [-0.15, -0.1) is 0 Å². The number of anilines is 2. The lowest BCUT2D eigenvalue weighted by Gasteiger charge is -2.12. The second-order valence-electron chi connectivity index (χ2n) is 5.81. The lowest BCUT2D eigenvalue weighted by Crippen LogP contribution is -2.21. The highest BCUT2D eigenvalue weighted by Gasteiger charge is 2.13. The molecule has 0 unspecified atom stereocenters. The van der Waals surface area contributed by atoms with Gasteiger partial charge in [0.15, 0.2) is 5.75 Å². The van der Waals surface area contributed by atoms with Crippen LogP contribution in [0.15, 0.2) is 72.8 Å². The van der Waals surface area contributed by atoms with E-state index in [-0.39, 0.29) is 5.02 Å². The van der Waals surface area contributed by atoms with E-state index in [1.54, 1.807) is 36.4 Å². The van der Waals surface area contributed by atoms with Crippen molar-refractivity contribution >= 4 is 34.8 Å². The van der Waals surface area contributed by atoms with Gasteiger partial charge in [0.25, 0.3) is 0 Å². The summed E-state index contributed by atoms with van der Waals surface area (Å²) < 4.78 is 18.9. The van der Waals surface area contributed by atoms with Gasteiger partial charge in [-0.1, -0.05) is 41.9 Å². The molecule has 0 atom stereocenters. The maximum atomic E-state index is 13.2. The van der Waals surface area contributed by atoms with Crippen LogP contribution in [0.2, 0.25) is 5.02 Å². The Labute approximate surface area is 166 Å². The molecule has 0 spiro atoms. The topological polar surface area (TPSA) is 67.4 Å². The average Bonchev–Trinajstić information content (AvgIpc) is 2.67. The predicted molar refractivity (Wildman–Crippen MR) is 106 cm³/mol. The van der Waals surface area contributed by atoms with E-state index in [9.17, 15) is 14.0 Å². The molecule has 3 aromatic rings. The second-order valence-corrected chi connectivity index (χ2v) is 6.22. The molecule has 3 rings (SSSR count). The molecular formula is C21H16ClFN2O3. The van der Waals surface area contributed by atoms with E-state index < -0.39 is 24.1 Å². The van der Waals surface area contributed by atoms with Crippen molar-refractivity contribution in [1.29, 1.82) is 0 Å². The summed E-state index contributed by atoms with van der Waals surface area (Å²) in [7, 11) is 0. The third-order valence-corrected chi connectivity index (χ3v) is 3.95. The number of benzene rings is 3. The van der Waals surface area contributed by atoms with E-state index in [4.69, 9.17) is 16.3 Å². The van der Waals surface area contributed by atoms with Gasteiger partial charge in [-0.3, -0.25) is 9.59 Å². The van der Waals surface area contributed by atoms with Crippen LogP contribution >= 0.6 is 11.6 Å². The Hall–Kier alpha value is -3.38. The van der Waals surface area contributed by atoms with Crippen molar-refractivity contribution in [2.45, 2.75) is 6.42 Å². The first-order chi connectivity index (χ1) is 13.5. The van der Waals surface area contributed by atoms with Crippen molar-refractivity contribution < 1.29 is 18.7 Å². The fourth-order valence-corrected chi connectivity index (χ4v) is 2.57. The third-order valence-electron chi connectivity index (χ3n) is 3.66. The van der Waals surface area contributed by atoms with E-state index in [0.717, 1.165) is 6.07 Å². The molecule has 2 amide bonds. The van der Waals surface area contributed by atoms with Crippen molar-refractivity contribution in [3.05, 3.63) is 83.6 Å². The summed E-state index contributed by atoms with van der Waals surface area (Å²) in [5.74, 6) is -0.591. The van der Waals surface area contributed by atoms with Crippen LogP contribution in [-0.2, 0) is 9.59 Å². The number of para-hydroxylation sites is 3. The Bertz CT molecular complexity index is 996. The minimum Gasteiger partial charge on any atom is -0.455 e. The Morgan fingerprint density at radius 1 is 0.893 bits per heavy atom. The van der Waals surface area contributed by atoms with Crippen LogP contribution in [-0.4, -0.2) is 11.8 Å². The summed E-state index contributed by atoms with van der Waals surface area (Å²) >= 11 is 5.67. The first-order valence-corrected chi connectivity index (χ1v) is 8.76.